The maximum atomic E-state index is 13.0. The van der Waals surface area contributed by atoms with Crippen LogP contribution in [-0.2, 0) is 4.74 Å². The number of benzene rings is 3. The fourth-order valence-corrected chi connectivity index (χ4v) is 2.60. The molecule has 0 saturated carbocycles. The molecule has 8 heteroatoms. The summed E-state index contributed by atoms with van der Waals surface area (Å²) >= 11 is 0. The Morgan fingerprint density at radius 2 is 1.32 bits per heavy atom. The molecule has 0 unspecified atom stereocenters. The molecule has 31 heavy (non-hydrogen) atoms. The third kappa shape index (κ3) is 6.14. The SMILES string of the molecule is CCOC(=O)Oc1ccc(C(=O)Nc2cccc(NC(=O)c3ccc(F)cc3)c2)cc1. The average Bonchev–Trinajstić information content (AvgIpc) is 2.75. The summed E-state index contributed by atoms with van der Waals surface area (Å²) in [5.41, 5.74) is 1.58. The summed E-state index contributed by atoms with van der Waals surface area (Å²) < 4.78 is 22.6. The van der Waals surface area contributed by atoms with E-state index in [2.05, 4.69) is 15.4 Å². The summed E-state index contributed by atoms with van der Waals surface area (Å²) in [7, 11) is 0. The third-order valence-corrected chi connectivity index (χ3v) is 4.06. The van der Waals surface area contributed by atoms with E-state index < -0.39 is 17.9 Å². The van der Waals surface area contributed by atoms with Crippen LogP contribution in [0.25, 0.3) is 0 Å². The standard InChI is InChI=1S/C23H19FN2O5/c1-2-30-23(29)31-20-12-8-16(9-13-20)22(28)26-19-5-3-4-18(14-19)25-21(27)15-6-10-17(24)11-7-15/h3-14H,2H2,1H3,(H,25,27)(H,26,28). The van der Waals surface area contributed by atoms with Crippen molar-refractivity contribution in [3.8, 4) is 5.75 Å². The lowest BCUT2D eigenvalue weighted by atomic mass is 10.2. The van der Waals surface area contributed by atoms with Crippen molar-refractivity contribution in [2.75, 3.05) is 17.2 Å². The summed E-state index contributed by atoms with van der Waals surface area (Å²) in [6.45, 7) is 1.86. The van der Waals surface area contributed by atoms with E-state index in [1.54, 1.807) is 31.2 Å². The molecule has 0 atom stereocenters. The summed E-state index contributed by atoms with van der Waals surface area (Å²) in [6.07, 6.45) is -0.820. The van der Waals surface area contributed by atoms with Crippen molar-refractivity contribution < 1.29 is 28.2 Å². The number of halogens is 1. The molecule has 3 aromatic carbocycles. The topological polar surface area (TPSA) is 93.7 Å². The Balaban J connectivity index is 1.62. The molecule has 0 fully saturated rings. The highest BCUT2D eigenvalue weighted by molar-refractivity contribution is 6.06. The maximum Gasteiger partial charge on any atom is 0.513 e. The Bertz CT molecular complexity index is 1080. The number of hydrogen-bond acceptors (Lipinski definition) is 5. The normalized spacial score (nSPS) is 10.1. The Labute approximate surface area is 177 Å². The number of amides is 2. The quantitative estimate of drug-likeness (QED) is 0.437. The van der Waals surface area contributed by atoms with Crippen LogP contribution in [0.4, 0.5) is 20.6 Å². The van der Waals surface area contributed by atoms with Crippen LogP contribution in [-0.4, -0.2) is 24.6 Å². The van der Waals surface area contributed by atoms with Crippen molar-refractivity contribution in [1.82, 2.24) is 0 Å². The first-order valence-corrected chi connectivity index (χ1v) is 9.37. The van der Waals surface area contributed by atoms with Gasteiger partial charge in [0.1, 0.15) is 11.6 Å². The molecule has 0 radical (unpaired) electrons. The highest BCUT2D eigenvalue weighted by Gasteiger charge is 2.10. The van der Waals surface area contributed by atoms with Gasteiger partial charge in [-0.3, -0.25) is 9.59 Å². The fourth-order valence-electron chi connectivity index (χ4n) is 2.60. The van der Waals surface area contributed by atoms with Gasteiger partial charge in [-0.25, -0.2) is 9.18 Å². The van der Waals surface area contributed by atoms with E-state index in [0.29, 0.717) is 22.5 Å². The molecule has 2 amide bonds. The molecule has 0 bridgehead atoms. The zero-order valence-corrected chi connectivity index (χ0v) is 16.6. The Morgan fingerprint density at radius 3 is 1.84 bits per heavy atom. The molecular formula is C23H19FN2O5. The molecule has 0 aliphatic rings. The Morgan fingerprint density at radius 1 is 0.806 bits per heavy atom. The van der Waals surface area contributed by atoms with Crippen LogP contribution in [0.5, 0.6) is 5.75 Å². The van der Waals surface area contributed by atoms with E-state index >= 15 is 0 Å². The summed E-state index contributed by atoms with van der Waals surface area (Å²) in [4.78, 5) is 36.1. The van der Waals surface area contributed by atoms with Gasteiger partial charge in [0, 0.05) is 22.5 Å². The van der Waals surface area contributed by atoms with E-state index in [9.17, 15) is 18.8 Å². The van der Waals surface area contributed by atoms with Gasteiger partial charge in [-0.2, -0.15) is 0 Å². The molecular weight excluding hydrogens is 403 g/mol. The van der Waals surface area contributed by atoms with Gasteiger partial charge in [0.05, 0.1) is 6.61 Å². The second-order valence-corrected chi connectivity index (χ2v) is 6.31. The number of nitrogens with one attached hydrogen (secondary N) is 2. The van der Waals surface area contributed by atoms with Gasteiger partial charge in [-0.05, 0) is 73.7 Å². The van der Waals surface area contributed by atoms with Gasteiger partial charge in [-0.1, -0.05) is 6.07 Å². The summed E-state index contributed by atoms with van der Waals surface area (Å²) in [6, 6.07) is 17.7. The first-order valence-electron chi connectivity index (χ1n) is 9.37. The molecule has 0 aliphatic carbocycles. The Hall–Kier alpha value is -4.20. The molecule has 158 valence electrons. The molecule has 0 aromatic heterocycles. The van der Waals surface area contributed by atoms with Gasteiger partial charge in [0.15, 0.2) is 0 Å². The van der Waals surface area contributed by atoms with Crippen molar-refractivity contribution >= 4 is 29.3 Å². The zero-order valence-electron chi connectivity index (χ0n) is 16.6. The van der Waals surface area contributed by atoms with Gasteiger partial charge >= 0.3 is 6.16 Å². The van der Waals surface area contributed by atoms with Crippen LogP contribution in [0.2, 0.25) is 0 Å². The lowest BCUT2D eigenvalue weighted by Gasteiger charge is -2.10. The molecule has 0 heterocycles. The predicted octanol–water partition coefficient (Wildman–Crippen LogP) is 4.87. The Kier molecular flexibility index (Phi) is 6.95. The van der Waals surface area contributed by atoms with Crippen LogP contribution >= 0.6 is 0 Å². The van der Waals surface area contributed by atoms with Crippen LogP contribution in [0.15, 0.2) is 72.8 Å². The van der Waals surface area contributed by atoms with E-state index in [1.165, 1.54) is 48.5 Å². The first kappa shape index (κ1) is 21.5. The lowest BCUT2D eigenvalue weighted by molar-refractivity contribution is 0.101. The average molecular weight is 422 g/mol. The minimum Gasteiger partial charge on any atom is -0.434 e. The molecule has 0 spiro atoms. The molecule has 0 aliphatic heterocycles. The van der Waals surface area contributed by atoms with Crippen LogP contribution in [0.1, 0.15) is 27.6 Å². The van der Waals surface area contributed by atoms with E-state index in [-0.39, 0.29) is 18.3 Å². The smallest absolute Gasteiger partial charge is 0.434 e. The number of rotatable bonds is 6. The summed E-state index contributed by atoms with van der Waals surface area (Å²) in [5.74, 6) is -0.965. The second-order valence-electron chi connectivity index (χ2n) is 6.31. The van der Waals surface area contributed by atoms with Gasteiger partial charge < -0.3 is 20.1 Å². The van der Waals surface area contributed by atoms with Gasteiger partial charge in [-0.15, -0.1) is 0 Å². The van der Waals surface area contributed by atoms with E-state index in [0.717, 1.165) is 0 Å². The summed E-state index contributed by atoms with van der Waals surface area (Å²) in [5, 5.41) is 5.42. The third-order valence-electron chi connectivity index (χ3n) is 4.06. The lowest BCUT2D eigenvalue weighted by Crippen LogP contribution is -2.14. The maximum absolute atomic E-state index is 13.0. The zero-order chi connectivity index (χ0) is 22.2. The van der Waals surface area contributed by atoms with Gasteiger partial charge in [0.25, 0.3) is 11.8 Å². The molecule has 0 saturated heterocycles. The minimum absolute atomic E-state index is 0.197. The number of carbonyl (C=O) groups excluding carboxylic acids is 3. The highest BCUT2D eigenvalue weighted by Crippen LogP contribution is 2.18. The molecule has 3 aromatic rings. The molecule has 3 rings (SSSR count). The van der Waals surface area contributed by atoms with Crippen LogP contribution < -0.4 is 15.4 Å². The fraction of sp³-hybridized carbons (Fsp3) is 0.0870. The van der Waals surface area contributed by atoms with Crippen molar-refractivity contribution in [3.63, 3.8) is 0 Å². The van der Waals surface area contributed by atoms with Crippen molar-refractivity contribution in [3.05, 3.63) is 89.7 Å². The molecule has 2 N–H and O–H groups in total. The first-order chi connectivity index (χ1) is 14.9. The predicted molar refractivity (Wildman–Crippen MR) is 113 cm³/mol. The van der Waals surface area contributed by atoms with Crippen LogP contribution in [0, 0.1) is 5.82 Å². The molecule has 7 nitrogen and oxygen atoms in total. The highest BCUT2D eigenvalue weighted by atomic mass is 19.1. The number of carbonyl (C=O) groups is 3. The van der Waals surface area contributed by atoms with Gasteiger partial charge in [0.2, 0.25) is 0 Å². The largest absolute Gasteiger partial charge is 0.513 e. The number of ether oxygens (including phenoxy) is 2. The van der Waals surface area contributed by atoms with Crippen molar-refractivity contribution in [2.45, 2.75) is 6.92 Å². The number of anilines is 2. The minimum atomic E-state index is -0.820. The van der Waals surface area contributed by atoms with Crippen molar-refractivity contribution in [1.29, 1.82) is 0 Å². The van der Waals surface area contributed by atoms with Crippen LogP contribution in [0.3, 0.4) is 0 Å². The number of hydrogen-bond donors (Lipinski definition) is 2. The monoisotopic (exact) mass is 422 g/mol. The van der Waals surface area contributed by atoms with E-state index in [4.69, 9.17) is 4.74 Å². The second kappa shape index (κ2) is 10.0. The van der Waals surface area contributed by atoms with Crippen molar-refractivity contribution in [2.24, 2.45) is 0 Å². The van der Waals surface area contributed by atoms with E-state index in [1.807, 2.05) is 0 Å².